The predicted octanol–water partition coefficient (Wildman–Crippen LogP) is 2.86. The van der Waals surface area contributed by atoms with Gasteiger partial charge in [-0.3, -0.25) is 9.59 Å². The molecule has 26 heavy (non-hydrogen) atoms. The lowest BCUT2D eigenvalue weighted by Crippen LogP contribution is -2.31. The van der Waals surface area contributed by atoms with Crippen molar-refractivity contribution in [2.75, 3.05) is 25.6 Å². The van der Waals surface area contributed by atoms with Crippen LogP contribution in [0, 0.1) is 0 Å². The van der Waals surface area contributed by atoms with Crippen LogP contribution in [-0.2, 0) is 4.74 Å². The molecule has 1 atom stereocenters. The van der Waals surface area contributed by atoms with Gasteiger partial charge in [-0.2, -0.15) is 0 Å². The second kappa shape index (κ2) is 8.49. The number of anilines is 1. The fourth-order valence-corrected chi connectivity index (χ4v) is 2.76. The Kier molecular flexibility index (Phi) is 5.86. The molecule has 6 heteroatoms. The Morgan fingerprint density at radius 3 is 2.31 bits per heavy atom. The SMILES string of the molecule is COc1ccc(C(=O)Nc2ccc(C(=O)NCC3CCCO3)cc2)cc1. The fraction of sp³-hybridized carbons (Fsp3) is 0.300. The topological polar surface area (TPSA) is 76.7 Å². The van der Waals surface area contributed by atoms with Crippen LogP contribution in [-0.4, -0.2) is 38.2 Å². The summed E-state index contributed by atoms with van der Waals surface area (Å²) in [6.07, 6.45) is 2.14. The van der Waals surface area contributed by atoms with E-state index in [9.17, 15) is 9.59 Å². The molecule has 2 aromatic carbocycles. The van der Waals surface area contributed by atoms with Crippen molar-refractivity contribution in [3.63, 3.8) is 0 Å². The summed E-state index contributed by atoms with van der Waals surface area (Å²) in [7, 11) is 1.58. The van der Waals surface area contributed by atoms with E-state index in [1.54, 1.807) is 55.6 Å². The zero-order valence-corrected chi connectivity index (χ0v) is 14.7. The molecule has 1 heterocycles. The molecule has 0 radical (unpaired) electrons. The normalized spacial score (nSPS) is 16.1. The summed E-state index contributed by atoms with van der Waals surface area (Å²) in [4.78, 5) is 24.4. The van der Waals surface area contributed by atoms with Crippen molar-refractivity contribution in [3.05, 3.63) is 59.7 Å². The summed E-state index contributed by atoms with van der Waals surface area (Å²) < 4.78 is 10.6. The van der Waals surface area contributed by atoms with Gasteiger partial charge in [-0.15, -0.1) is 0 Å². The van der Waals surface area contributed by atoms with Crippen molar-refractivity contribution in [1.29, 1.82) is 0 Å². The van der Waals surface area contributed by atoms with Gasteiger partial charge < -0.3 is 20.1 Å². The molecule has 6 nitrogen and oxygen atoms in total. The molecule has 3 rings (SSSR count). The van der Waals surface area contributed by atoms with Gasteiger partial charge in [-0.25, -0.2) is 0 Å². The molecular formula is C20H22N2O4. The first-order valence-electron chi connectivity index (χ1n) is 8.61. The van der Waals surface area contributed by atoms with Gasteiger partial charge in [0.25, 0.3) is 11.8 Å². The standard InChI is InChI=1S/C20H22N2O4/c1-25-17-10-6-15(7-11-17)20(24)22-16-8-4-14(5-9-16)19(23)21-13-18-3-2-12-26-18/h4-11,18H,2-3,12-13H2,1H3,(H,21,23)(H,22,24). The Labute approximate surface area is 152 Å². The maximum atomic E-state index is 12.2. The Morgan fingerprint density at radius 2 is 1.69 bits per heavy atom. The summed E-state index contributed by atoms with van der Waals surface area (Å²) in [6.45, 7) is 1.29. The lowest BCUT2D eigenvalue weighted by atomic mass is 10.1. The van der Waals surface area contributed by atoms with E-state index in [1.165, 1.54) is 0 Å². The van der Waals surface area contributed by atoms with E-state index < -0.39 is 0 Å². The van der Waals surface area contributed by atoms with Gasteiger partial charge in [0.1, 0.15) is 5.75 Å². The predicted molar refractivity (Wildman–Crippen MR) is 98.7 cm³/mol. The maximum absolute atomic E-state index is 12.2. The van der Waals surface area contributed by atoms with E-state index in [0.29, 0.717) is 29.1 Å². The lowest BCUT2D eigenvalue weighted by molar-refractivity contribution is 0.0857. The van der Waals surface area contributed by atoms with Crippen LogP contribution in [0.3, 0.4) is 0 Å². The number of nitrogens with one attached hydrogen (secondary N) is 2. The molecule has 0 spiro atoms. The number of benzene rings is 2. The first-order valence-corrected chi connectivity index (χ1v) is 8.61. The van der Waals surface area contributed by atoms with Crippen LogP contribution in [0.1, 0.15) is 33.6 Å². The summed E-state index contributed by atoms with van der Waals surface area (Å²) >= 11 is 0. The van der Waals surface area contributed by atoms with Crippen LogP contribution in [0.5, 0.6) is 5.75 Å². The highest BCUT2D eigenvalue weighted by Crippen LogP contribution is 2.15. The third-order valence-corrected chi connectivity index (χ3v) is 4.27. The minimum absolute atomic E-state index is 0.113. The van der Waals surface area contributed by atoms with Crippen molar-refractivity contribution >= 4 is 17.5 Å². The zero-order valence-electron chi connectivity index (χ0n) is 14.7. The first kappa shape index (κ1) is 17.9. The van der Waals surface area contributed by atoms with Crippen molar-refractivity contribution in [3.8, 4) is 5.75 Å². The van der Waals surface area contributed by atoms with Crippen LogP contribution >= 0.6 is 0 Å². The average molecular weight is 354 g/mol. The Morgan fingerprint density at radius 1 is 1.04 bits per heavy atom. The molecule has 0 saturated carbocycles. The smallest absolute Gasteiger partial charge is 0.255 e. The van der Waals surface area contributed by atoms with E-state index in [1.807, 2.05) is 0 Å². The molecule has 1 aliphatic rings. The molecule has 136 valence electrons. The van der Waals surface area contributed by atoms with Crippen molar-refractivity contribution in [2.45, 2.75) is 18.9 Å². The number of carbonyl (C=O) groups is 2. The lowest BCUT2D eigenvalue weighted by Gasteiger charge is -2.11. The molecule has 0 aliphatic carbocycles. The third-order valence-electron chi connectivity index (χ3n) is 4.27. The van der Waals surface area contributed by atoms with Gasteiger partial charge in [-0.05, 0) is 61.4 Å². The van der Waals surface area contributed by atoms with E-state index in [2.05, 4.69) is 10.6 Å². The largest absolute Gasteiger partial charge is 0.497 e. The van der Waals surface area contributed by atoms with Crippen LogP contribution in [0.4, 0.5) is 5.69 Å². The monoisotopic (exact) mass is 354 g/mol. The maximum Gasteiger partial charge on any atom is 0.255 e. The second-order valence-corrected chi connectivity index (χ2v) is 6.11. The third kappa shape index (κ3) is 4.61. The Balaban J connectivity index is 1.54. The number of hydrogen-bond acceptors (Lipinski definition) is 4. The number of hydrogen-bond donors (Lipinski definition) is 2. The molecular weight excluding hydrogens is 332 g/mol. The Bertz CT molecular complexity index is 750. The zero-order chi connectivity index (χ0) is 18.4. The molecule has 2 amide bonds. The molecule has 1 unspecified atom stereocenters. The van der Waals surface area contributed by atoms with Crippen molar-refractivity contribution < 1.29 is 19.1 Å². The Hall–Kier alpha value is -2.86. The van der Waals surface area contributed by atoms with Crippen molar-refractivity contribution in [2.24, 2.45) is 0 Å². The minimum Gasteiger partial charge on any atom is -0.497 e. The highest BCUT2D eigenvalue weighted by molar-refractivity contribution is 6.04. The molecule has 1 saturated heterocycles. The van der Waals surface area contributed by atoms with Gasteiger partial charge in [-0.1, -0.05) is 0 Å². The van der Waals surface area contributed by atoms with Gasteiger partial charge in [0.2, 0.25) is 0 Å². The number of amides is 2. The van der Waals surface area contributed by atoms with E-state index in [0.717, 1.165) is 19.4 Å². The molecule has 2 N–H and O–H groups in total. The number of methoxy groups -OCH3 is 1. The van der Waals surface area contributed by atoms with Gasteiger partial charge in [0.15, 0.2) is 0 Å². The van der Waals surface area contributed by atoms with Gasteiger partial charge in [0.05, 0.1) is 13.2 Å². The van der Waals surface area contributed by atoms with Crippen LogP contribution in [0.15, 0.2) is 48.5 Å². The molecule has 1 aliphatic heterocycles. The van der Waals surface area contributed by atoms with Gasteiger partial charge in [0, 0.05) is 30.0 Å². The number of carbonyl (C=O) groups excluding carboxylic acids is 2. The van der Waals surface area contributed by atoms with Crippen LogP contribution in [0.25, 0.3) is 0 Å². The second-order valence-electron chi connectivity index (χ2n) is 6.11. The van der Waals surface area contributed by atoms with Crippen LogP contribution < -0.4 is 15.4 Å². The van der Waals surface area contributed by atoms with E-state index in [-0.39, 0.29) is 17.9 Å². The van der Waals surface area contributed by atoms with Crippen molar-refractivity contribution in [1.82, 2.24) is 5.32 Å². The highest BCUT2D eigenvalue weighted by atomic mass is 16.5. The molecule has 0 aromatic heterocycles. The van der Waals surface area contributed by atoms with Gasteiger partial charge >= 0.3 is 0 Å². The molecule has 1 fully saturated rings. The number of rotatable bonds is 6. The first-order chi connectivity index (χ1) is 12.7. The summed E-state index contributed by atoms with van der Waals surface area (Å²) in [5.41, 5.74) is 1.70. The summed E-state index contributed by atoms with van der Waals surface area (Å²) in [5.74, 6) is 0.330. The highest BCUT2D eigenvalue weighted by Gasteiger charge is 2.16. The van der Waals surface area contributed by atoms with E-state index in [4.69, 9.17) is 9.47 Å². The quantitative estimate of drug-likeness (QED) is 0.836. The molecule has 0 bridgehead atoms. The number of ether oxygens (including phenoxy) is 2. The fourth-order valence-electron chi connectivity index (χ4n) is 2.76. The summed E-state index contributed by atoms with van der Waals surface area (Å²) in [6, 6.07) is 13.7. The average Bonchev–Trinajstić information content (AvgIpc) is 3.20. The minimum atomic E-state index is -0.219. The summed E-state index contributed by atoms with van der Waals surface area (Å²) in [5, 5.41) is 5.68. The van der Waals surface area contributed by atoms with Crippen LogP contribution in [0.2, 0.25) is 0 Å². The molecule has 2 aromatic rings. The van der Waals surface area contributed by atoms with E-state index >= 15 is 0 Å².